The number of fused-ring (bicyclic) bond motifs is 3. The van der Waals surface area contributed by atoms with Gasteiger partial charge in [-0.3, -0.25) is 0 Å². The third-order valence-corrected chi connectivity index (χ3v) is 6.60. The molecule has 1 N–H and O–H groups in total. The minimum atomic E-state index is -0.857. The molecular formula is C25H25NO. The molecule has 0 aromatic heterocycles. The van der Waals surface area contributed by atoms with Crippen LogP contribution in [0.25, 0.3) is 0 Å². The summed E-state index contributed by atoms with van der Waals surface area (Å²) in [5.41, 5.74) is 3.94. The van der Waals surface area contributed by atoms with Crippen molar-refractivity contribution >= 4 is 0 Å². The molecule has 27 heavy (non-hydrogen) atoms. The quantitative estimate of drug-likeness (QED) is 0.804. The lowest BCUT2D eigenvalue weighted by Crippen LogP contribution is -2.50. The number of aryl methyl sites for hydroxylation is 1. The van der Waals surface area contributed by atoms with Gasteiger partial charge >= 0.3 is 0 Å². The molecule has 2 aliphatic carbocycles. The molecule has 0 spiro atoms. The lowest BCUT2D eigenvalue weighted by atomic mass is 9.52. The Labute approximate surface area is 161 Å². The Morgan fingerprint density at radius 1 is 1.15 bits per heavy atom. The van der Waals surface area contributed by atoms with E-state index in [9.17, 15) is 10.4 Å². The molecule has 2 aromatic carbocycles. The van der Waals surface area contributed by atoms with E-state index in [2.05, 4.69) is 60.4 Å². The molecule has 0 bridgehead atoms. The SMILES string of the molecule is CC#C[C@@]1(O)CC[C@@]2(Cc3ccccc3)c3ccc(C#N)cc3CC[C@@H]2C1. The second kappa shape index (κ2) is 6.88. The van der Waals surface area contributed by atoms with E-state index in [1.54, 1.807) is 0 Å². The molecular weight excluding hydrogens is 330 g/mol. The highest BCUT2D eigenvalue weighted by Crippen LogP contribution is 2.54. The van der Waals surface area contributed by atoms with Gasteiger partial charge in [0.1, 0.15) is 5.60 Å². The molecule has 0 amide bonds. The zero-order valence-electron chi connectivity index (χ0n) is 15.8. The molecule has 1 saturated carbocycles. The number of benzene rings is 2. The standard InChI is InChI=1S/C25H25NO/c1-2-12-24(27)13-14-25(16-19-6-4-3-5-7-19)22(17-24)10-9-21-15-20(18-26)8-11-23(21)25/h3-8,11,15,22,27H,9-10,13-14,16-17H2,1H3/t22-,24-,25+/m1/s1. The van der Waals surface area contributed by atoms with E-state index >= 15 is 0 Å². The van der Waals surface area contributed by atoms with Gasteiger partial charge in [0.05, 0.1) is 11.6 Å². The van der Waals surface area contributed by atoms with Crippen LogP contribution in [0.2, 0.25) is 0 Å². The Bertz CT molecular complexity index is 946. The molecule has 3 atom stereocenters. The highest BCUT2D eigenvalue weighted by molar-refractivity contribution is 5.46. The van der Waals surface area contributed by atoms with Crippen LogP contribution < -0.4 is 0 Å². The molecule has 4 rings (SSSR count). The fraction of sp³-hybridized carbons (Fsp3) is 0.400. The Morgan fingerprint density at radius 3 is 2.70 bits per heavy atom. The summed E-state index contributed by atoms with van der Waals surface area (Å²) in [6.07, 6.45) is 5.37. The molecule has 0 aliphatic heterocycles. The van der Waals surface area contributed by atoms with Gasteiger partial charge in [-0.1, -0.05) is 42.3 Å². The molecule has 2 aromatic rings. The minimum Gasteiger partial charge on any atom is -0.378 e. The van der Waals surface area contributed by atoms with Crippen LogP contribution in [0.5, 0.6) is 0 Å². The van der Waals surface area contributed by atoms with Crippen molar-refractivity contribution in [2.75, 3.05) is 0 Å². The molecule has 0 saturated heterocycles. The maximum atomic E-state index is 11.0. The van der Waals surface area contributed by atoms with Gasteiger partial charge in [-0.2, -0.15) is 5.26 Å². The summed E-state index contributed by atoms with van der Waals surface area (Å²) in [5, 5.41) is 20.3. The van der Waals surface area contributed by atoms with Crippen molar-refractivity contribution in [2.45, 2.75) is 56.5 Å². The predicted octanol–water partition coefficient (Wildman–Crippen LogP) is 4.54. The van der Waals surface area contributed by atoms with E-state index in [-0.39, 0.29) is 5.41 Å². The molecule has 2 nitrogen and oxygen atoms in total. The highest BCUT2D eigenvalue weighted by atomic mass is 16.3. The third-order valence-electron chi connectivity index (χ3n) is 6.60. The zero-order chi connectivity index (χ0) is 18.9. The summed E-state index contributed by atoms with van der Waals surface area (Å²) in [5.74, 6) is 6.41. The van der Waals surface area contributed by atoms with Gasteiger partial charge in [0.15, 0.2) is 0 Å². The van der Waals surface area contributed by atoms with Crippen LogP contribution in [0.3, 0.4) is 0 Å². The van der Waals surface area contributed by atoms with Gasteiger partial charge in [-0.25, -0.2) is 0 Å². The van der Waals surface area contributed by atoms with E-state index in [1.165, 1.54) is 16.7 Å². The van der Waals surface area contributed by atoms with Crippen LogP contribution in [0.1, 0.15) is 54.9 Å². The second-order valence-electron chi connectivity index (χ2n) is 8.15. The maximum absolute atomic E-state index is 11.0. The number of hydrogen-bond acceptors (Lipinski definition) is 2. The topological polar surface area (TPSA) is 44.0 Å². The van der Waals surface area contributed by atoms with E-state index < -0.39 is 5.60 Å². The van der Waals surface area contributed by atoms with Crippen LogP contribution in [0.15, 0.2) is 48.5 Å². The van der Waals surface area contributed by atoms with Gasteiger partial charge in [-0.05, 0) is 80.2 Å². The summed E-state index contributed by atoms with van der Waals surface area (Å²) >= 11 is 0. The first-order valence-corrected chi connectivity index (χ1v) is 9.82. The fourth-order valence-corrected chi connectivity index (χ4v) is 5.39. The minimum absolute atomic E-state index is 0.0184. The summed E-state index contributed by atoms with van der Waals surface area (Å²) in [7, 11) is 0. The summed E-state index contributed by atoms with van der Waals surface area (Å²) in [6, 6.07) is 19.2. The van der Waals surface area contributed by atoms with E-state index in [0.717, 1.165) is 37.7 Å². The van der Waals surface area contributed by atoms with E-state index in [1.807, 2.05) is 13.0 Å². The first-order valence-electron chi connectivity index (χ1n) is 9.82. The van der Waals surface area contributed by atoms with Gasteiger partial charge in [0.25, 0.3) is 0 Å². The number of nitrogens with zero attached hydrogens (tertiary/aromatic N) is 1. The molecule has 2 aliphatic rings. The van der Waals surface area contributed by atoms with Gasteiger partial charge in [0, 0.05) is 5.41 Å². The van der Waals surface area contributed by atoms with Crippen LogP contribution >= 0.6 is 0 Å². The number of nitriles is 1. The lowest BCUT2D eigenvalue weighted by Gasteiger charge is -2.52. The number of hydrogen-bond donors (Lipinski definition) is 1. The Morgan fingerprint density at radius 2 is 1.96 bits per heavy atom. The predicted molar refractivity (Wildman–Crippen MR) is 107 cm³/mol. The summed E-state index contributed by atoms with van der Waals surface area (Å²) < 4.78 is 0. The molecule has 0 heterocycles. The monoisotopic (exact) mass is 355 g/mol. The maximum Gasteiger partial charge on any atom is 0.125 e. The Kier molecular flexibility index (Phi) is 4.55. The highest BCUT2D eigenvalue weighted by Gasteiger charge is 2.51. The summed E-state index contributed by atoms with van der Waals surface area (Å²) in [4.78, 5) is 0. The van der Waals surface area contributed by atoms with Gasteiger partial charge < -0.3 is 5.11 Å². The Balaban J connectivity index is 1.80. The van der Waals surface area contributed by atoms with E-state index in [0.29, 0.717) is 12.3 Å². The average molecular weight is 355 g/mol. The van der Waals surface area contributed by atoms with Crippen LogP contribution in [0.4, 0.5) is 0 Å². The Hall–Kier alpha value is -2.55. The molecule has 0 radical (unpaired) electrons. The third kappa shape index (κ3) is 3.16. The van der Waals surface area contributed by atoms with Crippen LogP contribution in [-0.2, 0) is 18.3 Å². The molecule has 136 valence electrons. The summed E-state index contributed by atoms with van der Waals surface area (Å²) in [6.45, 7) is 1.81. The second-order valence-corrected chi connectivity index (χ2v) is 8.15. The fourth-order valence-electron chi connectivity index (χ4n) is 5.39. The van der Waals surface area contributed by atoms with Crippen LogP contribution in [0, 0.1) is 29.1 Å². The normalized spacial score (nSPS) is 28.9. The number of rotatable bonds is 2. The van der Waals surface area contributed by atoms with Crippen molar-refractivity contribution in [1.29, 1.82) is 5.26 Å². The first kappa shape index (κ1) is 17.8. The zero-order valence-corrected chi connectivity index (χ0v) is 15.8. The van der Waals surface area contributed by atoms with E-state index in [4.69, 9.17) is 0 Å². The average Bonchev–Trinajstić information content (AvgIpc) is 2.69. The van der Waals surface area contributed by atoms with Crippen molar-refractivity contribution in [2.24, 2.45) is 5.92 Å². The van der Waals surface area contributed by atoms with Crippen LogP contribution in [-0.4, -0.2) is 10.7 Å². The largest absolute Gasteiger partial charge is 0.378 e. The molecule has 2 heteroatoms. The molecule has 0 unspecified atom stereocenters. The van der Waals surface area contributed by atoms with Crippen molar-refractivity contribution in [3.63, 3.8) is 0 Å². The molecule has 1 fully saturated rings. The van der Waals surface area contributed by atoms with Gasteiger partial charge in [0.2, 0.25) is 0 Å². The van der Waals surface area contributed by atoms with Crippen molar-refractivity contribution in [3.05, 3.63) is 70.8 Å². The number of aliphatic hydroxyl groups is 1. The van der Waals surface area contributed by atoms with Crippen molar-refractivity contribution in [3.8, 4) is 17.9 Å². The smallest absolute Gasteiger partial charge is 0.125 e. The lowest BCUT2D eigenvalue weighted by molar-refractivity contribution is -0.00801. The van der Waals surface area contributed by atoms with Gasteiger partial charge in [-0.15, -0.1) is 5.92 Å². The van der Waals surface area contributed by atoms with Crippen molar-refractivity contribution < 1.29 is 5.11 Å². The van der Waals surface area contributed by atoms with Crippen molar-refractivity contribution in [1.82, 2.24) is 0 Å². The first-order chi connectivity index (χ1) is 13.1.